The first-order valence-electron chi connectivity index (χ1n) is 8.49. The maximum atomic E-state index is 12.8. The third-order valence-electron chi connectivity index (χ3n) is 4.26. The van der Waals surface area contributed by atoms with Crippen molar-refractivity contribution in [1.82, 2.24) is 4.98 Å². The Labute approximate surface area is 158 Å². The van der Waals surface area contributed by atoms with Crippen LogP contribution in [0.1, 0.15) is 5.56 Å². The molecular weight excluding hydrogens is 358 g/mol. The van der Waals surface area contributed by atoms with Crippen molar-refractivity contribution in [3.05, 3.63) is 90.5 Å². The van der Waals surface area contributed by atoms with Crippen LogP contribution >= 0.6 is 0 Å². The van der Waals surface area contributed by atoms with E-state index in [2.05, 4.69) is 4.98 Å². The second-order valence-corrected chi connectivity index (χ2v) is 7.79. The topological polar surface area (TPSA) is 56.3 Å². The van der Waals surface area contributed by atoms with E-state index >= 15 is 0 Å². The van der Waals surface area contributed by atoms with E-state index in [1.165, 1.54) is 0 Å². The van der Waals surface area contributed by atoms with Crippen molar-refractivity contribution < 1.29 is 12.6 Å². The van der Waals surface area contributed by atoms with Crippen molar-refractivity contribution in [2.45, 2.75) is 11.8 Å². The van der Waals surface area contributed by atoms with Gasteiger partial charge in [0.25, 0.3) is 0 Å². The minimum atomic E-state index is -3.95. The van der Waals surface area contributed by atoms with Crippen LogP contribution in [0.15, 0.2) is 89.8 Å². The van der Waals surface area contributed by atoms with E-state index in [9.17, 15) is 8.42 Å². The maximum absolute atomic E-state index is 12.8. The monoisotopic (exact) mass is 375 g/mol. The molecule has 0 amide bonds. The van der Waals surface area contributed by atoms with Gasteiger partial charge in [0, 0.05) is 17.0 Å². The van der Waals surface area contributed by atoms with Gasteiger partial charge in [0.05, 0.1) is 11.2 Å². The average molecular weight is 375 g/mol. The first-order chi connectivity index (χ1) is 13.0. The SMILES string of the molecule is Cc1ccc(S(=O)(=O)Oc2cc(-c3ccccc3)nc3ccccc23)cc1. The predicted octanol–water partition coefficient (Wildman–Crippen LogP) is 4.98. The highest BCUT2D eigenvalue weighted by atomic mass is 32.2. The molecule has 0 fully saturated rings. The molecule has 0 spiro atoms. The number of benzene rings is 3. The summed E-state index contributed by atoms with van der Waals surface area (Å²) in [5.74, 6) is 0.264. The molecule has 0 N–H and O–H groups in total. The Morgan fingerprint density at radius 2 is 1.48 bits per heavy atom. The van der Waals surface area contributed by atoms with Crippen LogP contribution in [0.25, 0.3) is 22.2 Å². The number of fused-ring (bicyclic) bond motifs is 1. The number of aryl methyl sites for hydroxylation is 1. The first-order valence-corrected chi connectivity index (χ1v) is 9.90. The Morgan fingerprint density at radius 3 is 2.22 bits per heavy atom. The van der Waals surface area contributed by atoms with Gasteiger partial charge < -0.3 is 4.18 Å². The van der Waals surface area contributed by atoms with E-state index < -0.39 is 10.1 Å². The molecule has 0 aliphatic heterocycles. The van der Waals surface area contributed by atoms with Crippen molar-refractivity contribution >= 4 is 21.0 Å². The molecule has 4 aromatic rings. The molecule has 4 rings (SSSR count). The lowest BCUT2D eigenvalue weighted by Crippen LogP contribution is -2.10. The van der Waals surface area contributed by atoms with Gasteiger partial charge in [-0.25, -0.2) is 4.98 Å². The van der Waals surface area contributed by atoms with E-state index in [0.29, 0.717) is 16.6 Å². The number of pyridine rings is 1. The van der Waals surface area contributed by atoms with Gasteiger partial charge in [-0.1, -0.05) is 60.2 Å². The Balaban J connectivity index is 1.84. The van der Waals surface area contributed by atoms with Crippen LogP contribution in [0, 0.1) is 6.92 Å². The van der Waals surface area contributed by atoms with Gasteiger partial charge in [0.15, 0.2) is 5.75 Å². The van der Waals surface area contributed by atoms with Gasteiger partial charge in [-0.2, -0.15) is 8.42 Å². The predicted molar refractivity (Wildman–Crippen MR) is 106 cm³/mol. The van der Waals surface area contributed by atoms with E-state index in [4.69, 9.17) is 4.18 Å². The zero-order valence-electron chi connectivity index (χ0n) is 14.7. The molecule has 1 aromatic heterocycles. The van der Waals surface area contributed by atoms with Crippen molar-refractivity contribution in [1.29, 1.82) is 0 Å². The molecule has 0 saturated carbocycles. The Hall–Kier alpha value is -3.18. The molecule has 0 atom stereocenters. The summed E-state index contributed by atoms with van der Waals surface area (Å²) in [6, 6.07) is 25.2. The van der Waals surface area contributed by atoms with Crippen LogP contribution in [0.3, 0.4) is 0 Å². The number of hydrogen-bond donors (Lipinski definition) is 0. The highest BCUT2D eigenvalue weighted by Crippen LogP contribution is 2.32. The fourth-order valence-corrected chi connectivity index (χ4v) is 3.78. The third-order valence-corrected chi connectivity index (χ3v) is 5.51. The second-order valence-electron chi connectivity index (χ2n) is 6.24. The molecule has 1 heterocycles. The number of rotatable bonds is 4. The Bertz CT molecular complexity index is 1200. The summed E-state index contributed by atoms with van der Waals surface area (Å²) in [5, 5.41) is 0.646. The quantitative estimate of drug-likeness (QED) is 0.472. The van der Waals surface area contributed by atoms with Crippen LogP contribution in [0.4, 0.5) is 0 Å². The molecule has 0 aliphatic rings. The number of nitrogens with zero attached hydrogens (tertiary/aromatic N) is 1. The van der Waals surface area contributed by atoms with Gasteiger partial charge in [0.1, 0.15) is 4.90 Å². The van der Waals surface area contributed by atoms with Crippen LogP contribution in [0.2, 0.25) is 0 Å². The summed E-state index contributed by atoms with van der Waals surface area (Å²) >= 11 is 0. The van der Waals surface area contributed by atoms with Gasteiger partial charge in [0.2, 0.25) is 0 Å². The first kappa shape index (κ1) is 17.2. The van der Waals surface area contributed by atoms with Crippen molar-refractivity contribution in [3.8, 4) is 17.0 Å². The summed E-state index contributed by atoms with van der Waals surface area (Å²) in [4.78, 5) is 4.77. The Morgan fingerprint density at radius 1 is 0.815 bits per heavy atom. The maximum Gasteiger partial charge on any atom is 0.339 e. The smallest absolute Gasteiger partial charge is 0.339 e. The summed E-state index contributed by atoms with van der Waals surface area (Å²) in [5.41, 5.74) is 3.20. The Kier molecular flexibility index (Phi) is 4.38. The fourth-order valence-electron chi connectivity index (χ4n) is 2.84. The molecule has 0 radical (unpaired) electrons. The van der Waals surface area contributed by atoms with Crippen LogP contribution in [-0.2, 0) is 10.1 Å². The lowest BCUT2D eigenvalue weighted by Gasteiger charge is -2.12. The normalized spacial score (nSPS) is 11.4. The summed E-state index contributed by atoms with van der Waals surface area (Å²) in [6.07, 6.45) is 0. The molecule has 0 bridgehead atoms. The summed E-state index contributed by atoms with van der Waals surface area (Å²) in [7, 11) is -3.95. The number of hydrogen-bond acceptors (Lipinski definition) is 4. The van der Waals surface area contributed by atoms with Gasteiger partial charge in [-0.3, -0.25) is 0 Å². The van der Waals surface area contributed by atoms with Crippen molar-refractivity contribution in [3.63, 3.8) is 0 Å². The minimum Gasteiger partial charge on any atom is -0.378 e. The molecule has 134 valence electrons. The zero-order valence-corrected chi connectivity index (χ0v) is 15.5. The van der Waals surface area contributed by atoms with Gasteiger partial charge >= 0.3 is 10.1 Å². The van der Waals surface area contributed by atoms with Crippen LogP contribution < -0.4 is 4.18 Å². The summed E-state index contributed by atoms with van der Waals surface area (Å²) < 4.78 is 31.1. The van der Waals surface area contributed by atoms with Crippen LogP contribution in [0.5, 0.6) is 5.75 Å². The average Bonchev–Trinajstić information content (AvgIpc) is 2.69. The zero-order chi connectivity index (χ0) is 18.9. The van der Waals surface area contributed by atoms with Crippen LogP contribution in [-0.4, -0.2) is 13.4 Å². The fraction of sp³-hybridized carbons (Fsp3) is 0.0455. The molecule has 3 aromatic carbocycles. The van der Waals surface area contributed by atoms with E-state index in [-0.39, 0.29) is 10.6 Å². The van der Waals surface area contributed by atoms with E-state index in [0.717, 1.165) is 11.1 Å². The minimum absolute atomic E-state index is 0.121. The number of para-hydroxylation sites is 1. The molecule has 0 unspecified atom stereocenters. The van der Waals surface area contributed by atoms with E-state index in [1.54, 1.807) is 36.4 Å². The third kappa shape index (κ3) is 3.55. The van der Waals surface area contributed by atoms with Crippen molar-refractivity contribution in [2.75, 3.05) is 0 Å². The lowest BCUT2D eigenvalue weighted by atomic mass is 10.1. The number of aromatic nitrogens is 1. The molecule has 27 heavy (non-hydrogen) atoms. The molecular formula is C22H17NO3S. The van der Waals surface area contributed by atoms with Gasteiger partial charge in [-0.15, -0.1) is 0 Å². The molecule has 4 nitrogen and oxygen atoms in total. The summed E-state index contributed by atoms with van der Waals surface area (Å²) in [6.45, 7) is 1.90. The highest BCUT2D eigenvalue weighted by Gasteiger charge is 2.19. The standard InChI is InChI=1S/C22H17NO3S/c1-16-11-13-18(14-12-16)27(24,25)26-22-15-21(17-7-3-2-4-8-17)23-20-10-6-5-9-19(20)22/h2-15H,1H3. The van der Waals surface area contributed by atoms with E-state index in [1.807, 2.05) is 55.5 Å². The molecule has 5 heteroatoms. The second kappa shape index (κ2) is 6.85. The van der Waals surface area contributed by atoms with Gasteiger partial charge in [-0.05, 0) is 31.2 Å². The lowest BCUT2D eigenvalue weighted by molar-refractivity contribution is 0.488. The highest BCUT2D eigenvalue weighted by molar-refractivity contribution is 7.87. The molecule has 0 aliphatic carbocycles. The largest absolute Gasteiger partial charge is 0.378 e. The molecule has 0 saturated heterocycles. The van der Waals surface area contributed by atoms with Crippen molar-refractivity contribution in [2.24, 2.45) is 0 Å².